The molecule has 11 heteroatoms. The molecule has 1 aromatic carbocycles. The maximum atomic E-state index is 13.8. The summed E-state index contributed by atoms with van der Waals surface area (Å²) in [5.41, 5.74) is -5.16. The number of alkyl carbamates (subject to hydrolysis) is 1. The average molecular weight is 422 g/mol. The third-order valence-corrected chi connectivity index (χ3v) is 4.44. The van der Waals surface area contributed by atoms with Crippen molar-refractivity contribution in [1.82, 2.24) is 5.32 Å². The highest BCUT2D eigenvalue weighted by atomic mass is 19.4. The zero-order valence-corrected chi connectivity index (χ0v) is 16.1. The molecule has 1 fully saturated rings. The Balaban J connectivity index is 2.38. The normalized spacial score (nSPS) is 19.9. The Morgan fingerprint density at radius 2 is 1.90 bits per heavy atom. The Morgan fingerprint density at radius 3 is 2.38 bits per heavy atom. The molecule has 1 heterocycles. The molecule has 0 spiro atoms. The number of rotatable bonds is 4. The lowest BCUT2D eigenvalue weighted by Crippen LogP contribution is -2.57. The van der Waals surface area contributed by atoms with Gasteiger partial charge in [0.15, 0.2) is 5.54 Å². The third-order valence-electron chi connectivity index (χ3n) is 4.44. The molecule has 1 saturated heterocycles. The quantitative estimate of drug-likeness (QED) is 0.646. The molecule has 1 aliphatic rings. The number of nitrogens with one attached hydrogen (secondary N) is 1. The molecule has 0 aromatic heterocycles. The van der Waals surface area contributed by atoms with Gasteiger partial charge in [-0.2, -0.15) is 13.2 Å². The van der Waals surface area contributed by atoms with Gasteiger partial charge in [0.1, 0.15) is 11.4 Å². The van der Waals surface area contributed by atoms with E-state index in [0.29, 0.717) is 6.07 Å². The van der Waals surface area contributed by atoms with Crippen molar-refractivity contribution < 1.29 is 42.1 Å². The number of ether oxygens (including phenoxy) is 1. The number of hydrogen-bond acceptors (Lipinski definition) is 5. The molecular weight excluding hydrogens is 400 g/mol. The van der Waals surface area contributed by atoms with Crippen LogP contribution in [0.4, 0.5) is 28.0 Å². The summed E-state index contributed by atoms with van der Waals surface area (Å²) in [5, 5.41) is 21.4. The van der Waals surface area contributed by atoms with Crippen LogP contribution in [0.1, 0.15) is 38.3 Å². The van der Waals surface area contributed by atoms with Gasteiger partial charge in [-0.3, -0.25) is 0 Å². The molecule has 1 aliphatic heterocycles. The number of carboxylic acid groups (broad SMARTS) is 1. The molecule has 3 N–H and O–H groups in total. The van der Waals surface area contributed by atoms with Crippen LogP contribution >= 0.6 is 0 Å². The van der Waals surface area contributed by atoms with Gasteiger partial charge in [-0.15, -0.1) is 0 Å². The topological polar surface area (TPSA) is 99.1 Å². The number of benzene rings is 1. The lowest BCUT2D eigenvalue weighted by Gasteiger charge is -2.29. The fourth-order valence-electron chi connectivity index (χ4n) is 3.22. The van der Waals surface area contributed by atoms with Crippen LogP contribution in [0.3, 0.4) is 0 Å². The lowest BCUT2D eigenvalue weighted by atomic mass is 9.99. The largest absolute Gasteiger partial charge is 0.479 e. The highest BCUT2D eigenvalue weighted by Gasteiger charge is 2.48. The van der Waals surface area contributed by atoms with E-state index in [4.69, 9.17) is 4.74 Å². The zero-order chi connectivity index (χ0) is 22.2. The number of halogens is 4. The number of hydrogen-bond donors (Lipinski definition) is 3. The number of carboxylic acids is 1. The molecular formula is C18H22F4N2O5. The highest BCUT2D eigenvalue weighted by molar-refractivity contribution is 5.86. The van der Waals surface area contributed by atoms with Gasteiger partial charge in [0.05, 0.1) is 18.7 Å². The van der Waals surface area contributed by atoms with Crippen molar-refractivity contribution in [1.29, 1.82) is 0 Å². The Labute approximate surface area is 164 Å². The maximum absolute atomic E-state index is 13.8. The maximum Gasteiger partial charge on any atom is 0.419 e. The third kappa shape index (κ3) is 4.89. The summed E-state index contributed by atoms with van der Waals surface area (Å²) in [7, 11) is 0. The minimum atomic E-state index is -5.05. The Kier molecular flexibility index (Phi) is 6.03. The lowest BCUT2D eigenvalue weighted by molar-refractivity contribution is -0.144. The molecule has 162 valence electrons. The number of carbonyl (C=O) groups is 2. The fourth-order valence-corrected chi connectivity index (χ4v) is 3.22. The summed E-state index contributed by atoms with van der Waals surface area (Å²) >= 11 is 0. The van der Waals surface area contributed by atoms with Crippen molar-refractivity contribution in [3.63, 3.8) is 0 Å². The summed E-state index contributed by atoms with van der Waals surface area (Å²) in [4.78, 5) is 25.2. The van der Waals surface area contributed by atoms with E-state index in [2.05, 4.69) is 5.32 Å². The molecule has 1 aromatic rings. The number of nitrogens with zero attached hydrogens (tertiary/aromatic N) is 1. The summed E-state index contributed by atoms with van der Waals surface area (Å²) in [6, 6.07) is 1.65. The van der Waals surface area contributed by atoms with Crippen LogP contribution in [0.25, 0.3) is 0 Å². The number of aliphatic carboxylic acids is 1. The van der Waals surface area contributed by atoms with Gasteiger partial charge >= 0.3 is 18.2 Å². The molecule has 1 atom stereocenters. The highest BCUT2D eigenvalue weighted by Crippen LogP contribution is 2.40. The number of anilines is 1. The van der Waals surface area contributed by atoms with Crippen molar-refractivity contribution in [2.75, 3.05) is 18.0 Å². The molecule has 0 saturated carbocycles. The Bertz CT molecular complexity index is 807. The predicted molar refractivity (Wildman–Crippen MR) is 93.9 cm³/mol. The van der Waals surface area contributed by atoms with Crippen LogP contribution in [0, 0.1) is 5.82 Å². The van der Waals surface area contributed by atoms with Gasteiger partial charge in [-0.25, -0.2) is 14.0 Å². The molecule has 0 bridgehead atoms. The number of amides is 1. The minimum Gasteiger partial charge on any atom is -0.479 e. The summed E-state index contributed by atoms with van der Waals surface area (Å²) in [6.07, 6.45) is -6.17. The van der Waals surface area contributed by atoms with E-state index in [1.807, 2.05) is 0 Å². The van der Waals surface area contributed by atoms with E-state index in [9.17, 15) is 37.4 Å². The number of aliphatic hydroxyl groups excluding tert-OH is 1. The standard InChI is InChI=1S/C18H22F4N2O5/c1-16(2,3)29-15(28)23-17(14(26)27)6-7-24(9-17)12-5-4-11(19)13(10(12)8-25)18(20,21)22/h4-5,25H,6-9H2,1-3H3,(H,23,28)(H,26,27)/t17-/m1/s1. The van der Waals surface area contributed by atoms with Crippen molar-refractivity contribution in [2.45, 2.75) is 51.1 Å². The van der Waals surface area contributed by atoms with Gasteiger partial charge in [0, 0.05) is 24.2 Å². The molecule has 29 heavy (non-hydrogen) atoms. The summed E-state index contributed by atoms with van der Waals surface area (Å²) < 4.78 is 58.6. The summed E-state index contributed by atoms with van der Waals surface area (Å²) in [6.45, 7) is 3.23. The van der Waals surface area contributed by atoms with Crippen LogP contribution in [-0.2, 0) is 22.3 Å². The van der Waals surface area contributed by atoms with Gasteiger partial charge in [-0.1, -0.05) is 0 Å². The number of carbonyl (C=O) groups excluding carboxylic acids is 1. The number of alkyl halides is 3. The second-order valence-electron chi connectivity index (χ2n) is 7.76. The van der Waals surface area contributed by atoms with Gasteiger partial charge in [0.2, 0.25) is 0 Å². The van der Waals surface area contributed by atoms with Crippen LogP contribution in [0.5, 0.6) is 0 Å². The average Bonchev–Trinajstić information content (AvgIpc) is 2.96. The van der Waals surface area contributed by atoms with E-state index in [1.165, 1.54) is 4.90 Å². The fraction of sp³-hybridized carbons (Fsp3) is 0.556. The summed E-state index contributed by atoms with van der Waals surface area (Å²) in [5.74, 6) is -2.93. The van der Waals surface area contributed by atoms with E-state index in [0.717, 1.165) is 6.07 Å². The number of aliphatic hydroxyl groups is 1. The SMILES string of the molecule is CC(C)(C)OC(=O)N[C@]1(C(=O)O)CCN(c2ccc(F)c(C(F)(F)F)c2CO)C1. The first-order valence-corrected chi connectivity index (χ1v) is 8.69. The van der Waals surface area contributed by atoms with Crippen molar-refractivity contribution >= 4 is 17.7 Å². The zero-order valence-electron chi connectivity index (χ0n) is 16.1. The predicted octanol–water partition coefficient (Wildman–Crippen LogP) is 2.90. The van der Waals surface area contributed by atoms with E-state index < -0.39 is 59.5 Å². The molecule has 2 rings (SSSR count). The molecule has 0 unspecified atom stereocenters. The van der Waals surface area contributed by atoms with Gasteiger partial charge < -0.3 is 25.2 Å². The molecule has 1 amide bonds. The monoisotopic (exact) mass is 422 g/mol. The smallest absolute Gasteiger partial charge is 0.419 e. The first kappa shape index (κ1) is 22.7. The van der Waals surface area contributed by atoms with E-state index >= 15 is 0 Å². The van der Waals surface area contributed by atoms with E-state index in [1.54, 1.807) is 20.8 Å². The van der Waals surface area contributed by atoms with Crippen molar-refractivity contribution in [3.05, 3.63) is 29.1 Å². The Hall–Kier alpha value is -2.56. The second-order valence-corrected chi connectivity index (χ2v) is 7.76. The minimum absolute atomic E-state index is 0.0436. The van der Waals surface area contributed by atoms with Crippen LogP contribution < -0.4 is 10.2 Å². The van der Waals surface area contributed by atoms with E-state index in [-0.39, 0.29) is 18.7 Å². The van der Waals surface area contributed by atoms with Crippen molar-refractivity contribution in [3.8, 4) is 0 Å². The van der Waals surface area contributed by atoms with Crippen LogP contribution in [-0.4, -0.2) is 46.5 Å². The van der Waals surface area contributed by atoms with Gasteiger partial charge in [0.25, 0.3) is 0 Å². The van der Waals surface area contributed by atoms with Crippen LogP contribution in [0.15, 0.2) is 12.1 Å². The van der Waals surface area contributed by atoms with Crippen molar-refractivity contribution in [2.24, 2.45) is 0 Å². The molecule has 0 radical (unpaired) electrons. The van der Waals surface area contributed by atoms with Crippen LogP contribution in [0.2, 0.25) is 0 Å². The molecule has 7 nitrogen and oxygen atoms in total. The second kappa shape index (κ2) is 7.69. The Morgan fingerprint density at radius 1 is 1.28 bits per heavy atom. The molecule has 0 aliphatic carbocycles. The van der Waals surface area contributed by atoms with Gasteiger partial charge in [-0.05, 0) is 32.9 Å². The first-order valence-electron chi connectivity index (χ1n) is 8.69. The first-order chi connectivity index (χ1) is 13.2.